The van der Waals surface area contributed by atoms with Crippen LogP contribution < -0.4 is 15.5 Å². The molecular formula is C16H21Cl2N5O. The van der Waals surface area contributed by atoms with Crippen molar-refractivity contribution in [3.8, 4) is 0 Å². The Morgan fingerprint density at radius 2 is 2.04 bits per heavy atom. The van der Waals surface area contributed by atoms with Crippen LogP contribution in [-0.2, 0) is 24.3 Å². The number of anilines is 3. The molecule has 0 aliphatic carbocycles. The minimum atomic E-state index is -0.0930. The summed E-state index contributed by atoms with van der Waals surface area (Å²) in [6.45, 7) is 5.26. The van der Waals surface area contributed by atoms with Crippen molar-refractivity contribution < 1.29 is 4.79 Å². The topological polar surface area (TPSA) is 62.2 Å². The van der Waals surface area contributed by atoms with Gasteiger partial charge in [-0.05, 0) is 36.2 Å². The summed E-state index contributed by atoms with van der Waals surface area (Å²) in [4.78, 5) is 13.4. The fourth-order valence-corrected chi connectivity index (χ4v) is 3.23. The Kier molecular flexibility index (Phi) is 5.74. The fourth-order valence-electron chi connectivity index (χ4n) is 3.23. The molecule has 0 saturated carbocycles. The van der Waals surface area contributed by atoms with Crippen LogP contribution in [0.4, 0.5) is 17.3 Å². The molecule has 130 valence electrons. The van der Waals surface area contributed by atoms with E-state index in [1.54, 1.807) is 0 Å². The smallest absolute Gasteiger partial charge is 0.222 e. The van der Waals surface area contributed by atoms with E-state index in [4.69, 9.17) is 0 Å². The summed E-state index contributed by atoms with van der Waals surface area (Å²) < 4.78 is 1.95. The van der Waals surface area contributed by atoms with Crippen LogP contribution in [0, 0.1) is 0 Å². The standard InChI is InChI=1S/C16H19N5O.2ClH/c1-11(22)18-15-9-16-20(6-7-21(16)19-15)14-3-2-13-10-17-5-4-12(13)8-14;;/h2-3,8-9,17H,4-7,10H2,1H3,(H,18,19,22);2*1H. The van der Waals surface area contributed by atoms with Gasteiger partial charge in [-0.2, -0.15) is 5.10 Å². The summed E-state index contributed by atoms with van der Waals surface area (Å²) in [5, 5.41) is 10.6. The molecule has 0 fully saturated rings. The zero-order valence-corrected chi connectivity index (χ0v) is 15.0. The van der Waals surface area contributed by atoms with Gasteiger partial charge in [0.05, 0.1) is 6.54 Å². The summed E-state index contributed by atoms with van der Waals surface area (Å²) in [5.74, 6) is 1.57. The first-order valence-electron chi connectivity index (χ1n) is 7.66. The lowest BCUT2D eigenvalue weighted by Crippen LogP contribution is -2.24. The van der Waals surface area contributed by atoms with Gasteiger partial charge in [-0.1, -0.05) is 6.07 Å². The van der Waals surface area contributed by atoms with Crippen LogP contribution >= 0.6 is 24.8 Å². The highest BCUT2D eigenvalue weighted by molar-refractivity contribution is 5.88. The third kappa shape index (κ3) is 3.36. The normalized spacial score (nSPS) is 15.0. The second-order valence-corrected chi connectivity index (χ2v) is 5.82. The number of nitrogens with zero attached hydrogens (tertiary/aromatic N) is 3. The summed E-state index contributed by atoms with van der Waals surface area (Å²) >= 11 is 0. The third-order valence-corrected chi connectivity index (χ3v) is 4.26. The second kappa shape index (κ2) is 7.42. The fraction of sp³-hybridized carbons (Fsp3) is 0.375. The average molecular weight is 370 g/mol. The molecule has 2 aliphatic rings. The van der Waals surface area contributed by atoms with E-state index in [-0.39, 0.29) is 30.7 Å². The van der Waals surface area contributed by atoms with Crippen molar-refractivity contribution in [3.05, 3.63) is 35.4 Å². The minimum Gasteiger partial charge on any atom is -0.325 e. The Hall–Kier alpha value is -1.76. The van der Waals surface area contributed by atoms with Gasteiger partial charge in [0, 0.05) is 31.8 Å². The maximum absolute atomic E-state index is 11.2. The molecule has 3 heterocycles. The van der Waals surface area contributed by atoms with Crippen molar-refractivity contribution in [3.63, 3.8) is 0 Å². The van der Waals surface area contributed by atoms with Crippen LogP contribution in [0.2, 0.25) is 0 Å². The Morgan fingerprint density at radius 3 is 2.83 bits per heavy atom. The zero-order valence-electron chi connectivity index (χ0n) is 13.4. The predicted octanol–water partition coefficient (Wildman–Crippen LogP) is 2.48. The van der Waals surface area contributed by atoms with Gasteiger partial charge in [0.1, 0.15) is 5.82 Å². The van der Waals surface area contributed by atoms with E-state index >= 15 is 0 Å². The van der Waals surface area contributed by atoms with Gasteiger partial charge in [0.15, 0.2) is 5.82 Å². The lowest BCUT2D eigenvalue weighted by atomic mass is 10.00. The number of aromatic nitrogens is 2. The maximum Gasteiger partial charge on any atom is 0.222 e. The Labute approximate surface area is 153 Å². The number of amides is 1. The zero-order chi connectivity index (χ0) is 15.1. The van der Waals surface area contributed by atoms with Crippen LogP contribution in [0.5, 0.6) is 0 Å². The first-order chi connectivity index (χ1) is 10.7. The molecule has 8 heteroatoms. The molecule has 2 aliphatic heterocycles. The maximum atomic E-state index is 11.2. The van der Waals surface area contributed by atoms with Gasteiger partial charge in [-0.25, -0.2) is 4.68 Å². The van der Waals surface area contributed by atoms with E-state index in [9.17, 15) is 4.79 Å². The number of carbonyl (C=O) groups is 1. The van der Waals surface area contributed by atoms with Crippen molar-refractivity contribution in [2.24, 2.45) is 0 Å². The number of carbonyl (C=O) groups excluding carboxylic acids is 1. The molecule has 6 nitrogen and oxygen atoms in total. The molecule has 24 heavy (non-hydrogen) atoms. The molecule has 2 aromatic rings. The number of fused-ring (bicyclic) bond motifs is 2. The van der Waals surface area contributed by atoms with Gasteiger partial charge in [0.25, 0.3) is 0 Å². The average Bonchev–Trinajstić information content (AvgIpc) is 3.06. The van der Waals surface area contributed by atoms with Crippen LogP contribution in [0.3, 0.4) is 0 Å². The lowest BCUT2D eigenvalue weighted by Gasteiger charge is -2.22. The summed E-state index contributed by atoms with van der Waals surface area (Å²) in [7, 11) is 0. The molecule has 0 saturated heterocycles. The van der Waals surface area contributed by atoms with Gasteiger partial charge in [-0.15, -0.1) is 24.8 Å². The summed E-state index contributed by atoms with van der Waals surface area (Å²) in [6, 6.07) is 8.61. The molecule has 1 aromatic heterocycles. The highest BCUT2D eigenvalue weighted by atomic mass is 35.5. The molecule has 0 bridgehead atoms. The van der Waals surface area contributed by atoms with E-state index in [0.29, 0.717) is 5.82 Å². The van der Waals surface area contributed by atoms with Gasteiger partial charge in [-0.3, -0.25) is 4.79 Å². The lowest BCUT2D eigenvalue weighted by molar-refractivity contribution is -0.114. The molecule has 4 rings (SSSR count). The number of benzene rings is 1. The molecular weight excluding hydrogens is 349 g/mol. The van der Waals surface area contributed by atoms with Crippen LogP contribution in [-0.4, -0.2) is 28.8 Å². The molecule has 1 aromatic carbocycles. The monoisotopic (exact) mass is 369 g/mol. The molecule has 0 spiro atoms. The minimum absolute atomic E-state index is 0. The van der Waals surface area contributed by atoms with Crippen molar-refractivity contribution in [1.82, 2.24) is 15.1 Å². The van der Waals surface area contributed by atoms with E-state index in [1.807, 2.05) is 10.7 Å². The Bertz CT molecular complexity index is 746. The SMILES string of the molecule is CC(=O)Nc1cc2n(n1)CCN2c1ccc2c(c1)CCNC2.Cl.Cl. The molecule has 0 unspecified atom stereocenters. The highest BCUT2D eigenvalue weighted by Gasteiger charge is 2.24. The second-order valence-electron chi connectivity index (χ2n) is 5.82. The number of hydrogen-bond donors (Lipinski definition) is 2. The predicted molar refractivity (Wildman–Crippen MR) is 99.9 cm³/mol. The Morgan fingerprint density at radius 1 is 1.21 bits per heavy atom. The number of halogens is 2. The number of hydrogen-bond acceptors (Lipinski definition) is 4. The number of nitrogens with one attached hydrogen (secondary N) is 2. The molecule has 0 radical (unpaired) electrons. The third-order valence-electron chi connectivity index (χ3n) is 4.26. The summed E-state index contributed by atoms with van der Waals surface area (Å²) in [5.41, 5.74) is 4.02. The first-order valence-corrected chi connectivity index (χ1v) is 7.66. The van der Waals surface area contributed by atoms with E-state index in [1.165, 1.54) is 23.7 Å². The van der Waals surface area contributed by atoms with Gasteiger partial charge >= 0.3 is 0 Å². The largest absolute Gasteiger partial charge is 0.325 e. The molecule has 0 atom stereocenters. The quantitative estimate of drug-likeness (QED) is 0.853. The summed E-state index contributed by atoms with van der Waals surface area (Å²) in [6.07, 6.45) is 1.08. The van der Waals surface area contributed by atoms with Crippen LogP contribution in [0.1, 0.15) is 18.1 Å². The molecule has 2 N–H and O–H groups in total. The van der Waals surface area contributed by atoms with Crippen molar-refractivity contribution in [1.29, 1.82) is 0 Å². The van der Waals surface area contributed by atoms with E-state index in [2.05, 4.69) is 38.8 Å². The van der Waals surface area contributed by atoms with Crippen LogP contribution in [0.15, 0.2) is 24.3 Å². The van der Waals surface area contributed by atoms with Crippen molar-refractivity contribution in [2.75, 3.05) is 23.3 Å². The van der Waals surface area contributed by atoms with Gasteiger partial charge in [0.2, 0.25) is 5.91 Å². The van der Waals surface area contributed by atoms with E-state index in [0.717, 1.165) is 38.4 Å². The van der Waals surface area contributed by atoms with Gasteiger partial charge < -0.3 is 15.5 Å². The number of rotatable bonds is 2. The van der Waals surface area contributed by atoms with Crippen LogP contribution in [0.25, 0.3) is 0 Å². The van der Waals surface area contributed by atoms with Crippen molar-refractivity contribution >= 4 is 48.0 Å². The Balaban J connectivity index is 0.00000104. The van der Waals surface area contributed by atoms with Crippen molar-refractivity contribution in [2.45, 2.75) is 26.4 Å². The first kappa shape index (κ1) is 18.6. The van der Waals surface area contributed by atoms with E-state index < -0.39 is 0 Å². The molecule has 1 amide bonds. The highest BCUT2D eigenvalue weighted by Crippen LogP contribution is 2.33.